The number of methoxy groups -OCH3 is 1. The van der Waals surface area contributed by atoms with Gasteiger partial charge in [-0.3, -0.25) is 4.79 Å². The van der Waals surface area contributed by atoms with Crippen molar-refractivity contribution in [1.29, 1.82) is 0 Å². The van der Waals surface area contributed by atoms with Crippen LogP contribution in [0.4, 0.5) is 0 Å². The molecular weight excluding hydrogens is 152 g/mol. The van der Waals surface area contributed by atoms with Crippen LogP contribution in [0.5, 0.6) is 0 Å². The Hall–Kier alpha value is -0.790. The van der Waals surface area contributed by atoms with Crippen molar-refractivity contribution >= 4 is 5.97 Å². The average molecular weight is 166 g/mol. The lowest BCUT2D eigenvalue weighted by molar-refractivity contribution is -0.146. The first-order chi connectivity index (χ1) is 5.83. The Balaban J connectivity index is 2.08. The van der Waals surface area contributed by atoms with Crippen molar-refractivity contribution in [2.24, 2.45) is 17.8 Å². The highest BCUT2D eigenvalue weighted by molar-refractivity contribution is 5.73. The molecule has 2 aliphatic carbocycles. The van der Waals surface area contributed by atoms with Gasteiger partial charge in [-0.15, -0.1) is 0 Å². The maximum Gasteiger partial charge on any atom is 0.309 e. The number of hydrogen-bond donors (Lipinski definition) is 0. The molecule has 0 heterocycles. The fraction of sp³-hybridized carbons (Fsp3) is 0.700. The van der Waals surface area contributed by atoms with Crippen molar-refractivity contribution < 1.29 is 9.53 Å². The molecule has 0 saturated heterocycles. The van der Waals surface area contributed by atoms with Crippen LogP contribution in [-0.4, -0.2) is 13.1 Å². The zero-order chi connectivity index (χ0) is 8.55. The minimum Gasteiger partial charge on any atom is -0.469 e. The average Bonchev–Trinajstić information content (AvgIpc) is 2.62. The highest BCUT2D eigenvalue weighted by Crippen LogP contribution is 2.44. The minimum absolute atomic E-state index is 0.0194. The predicted molar refractivity (Wildman–Crippen MR) is 45.5 cm³/mol. The summed E-state index contributed by atoms with van der Waals surface area (Å²) < 4.78 is 4.77. The Morgan fingerprint density at radius 3 is 3.08 bits per heavy atom. The number of fused-ring (bicyclic) bond motifs is 1. The van der Waals surface area contributed by atoms with Crippen LogP contribution in [0.25, 0.3) is 0 Å². The molecule has 0 bridgehead atoms. The van der Waals surface area contributed by atoms with Gasteiger partial charge < -0.3 is 4.74 Å². The van der Waals surface area contributed by atoms with Crippen molar-refractivity contribution in [3.05, 3.63) is 12.2 Å². The summed E-state index contributed by atoms with van der Waals surface area (Å²) in [6, 6.07) is 0. The van der Waals surface area contributed by atoms with Crippen LogP contribution < -0.4 is 0 Å². The van der Waals surface area contributed by atoms with Gasteiger partial charge in [0.15, 0.2) is 0 Å². The van der Waals surface area contributed by atoms with Crippen LogP contribution in [0.15, 0.2) is 12.2 Å². The zero-order valence-electron chi connectivity index (χ0n) is 7.32. The SMILES string of the molecule is COC(=O)[C@H]1CC[C@H]2CC=C[C@H]21. The second kappa shape index (κ2) is 2.92. The van der Waals surface area contributed by atoms with E-state index in [2.05, 4.69) is 12.2 Å². The normalized spacial score (nSPS) is 38.2. The van der Waals surface area contributed by atoms with Crippen LogP contribution >= 0.6 is 0 Å². The second-order valence-electron chi connectivity index (χ2n) is 3.71. The molecule has 2 aliphatic rings. The summed E-state index contributed by atoms with van der Waals surface area (Å²) in [5.41, 5.74) is 0. The van der Waals surface area contributed by atoms with E-state index in [1.165, 1.54) is 13.5 Å². The van der Waals surface area contributed by atoms with Gasteiger partial charge >= 0.3 is 5.97 Å². The number of allylic oxidation sites excluding steroid dienone is 2. The van der Waals surface area contributed by atoms with E-state index in [0.29, 0.717) is 5.92 Å². The molecule has 12 heavy (non-hydrogen) atoms. The van der Waals surface area contributed by atoms with Crippen LogP contribution in [0.3, 0.4) is 0 Å². The number of ether oxygens (including phenoxy) is 1. The van der Waals surface area contributed by atoms with Gasteiger partial charge in [0.05, 0.1) is 13.0 Å². The maximum absolute atomic E-state index is 11.3. The largest absolute Gasteiger partial charge is 0.469 e. The monoisotopic (exact) mass is 166 g/mol. The molecule has 2 rings (SSSR count). The third-order valence-electron chi connectivity index (χ3n) is 3.16. The highest BCUT2D eigenvalue weighted by Gasteiger charge is 2.40. The molecule has 0 aliphatic heterocycles. The molecule has 0 spiro atoms. The third kappa shape index (κ3) is 1.06. The molecule has 0 aromatic carbocycles. The predicted octanol–water partition coefficient (Wildman–Crippen LogP) is 1.76. The van der Waals surface area contributed by atoms with Crippen LogP contribution in [-0.2, 0) is 9.53 Å². The molecule has 66 valence electrons. The summed E-state index contributed by atoms with van der Waals surface area (Å²) in [7, 11) is 1.48. The molecule has 2 nitrogen and oxygen atoms in total. The Kier molecular flexibility index (Phi) is 1.91. The van der Waals surface area contributed by atoms with E-state index in [0.717, 1.165) is 18.8 Å². The van der Waals surface area contributed by atoms with E-state index >= 15 is 0 Å². The van der Waals surface area contributed by atoms with Gasteiger partial charge in [-0.05, 0) is 31.1 Å². The van der Waals surface area contributed by atoms with Gasteiger partial charge in [-0.25, -0.2) is 0 Å². The molecule has 0 amide bonds. The molecule has 2 heteroatoms. The summed E-state index contributed by atoms with van der Waals surface area (Å²) in [5.74, 6) is 1.35. The summed E-state index contributed by atoms with van der Waals surface area (Å²) in [6.07, 6.45) is 7.77. The van der Waals surface area contributed by atoms with Crippen molar-refractivity contribution in [2.45, 2.75) is 19.3 Å². The zero-order valence-corrected chi connectivity index (χ0v) is 7.32. The summed E-state index contributed by atoms with van der Waals surface area (Å²) >= 11 is 0. The number of carbonyl (C=O) groups is 1. The van der Waals surface area contributed by atoms with E-state index < -0.39 is 0 Å². The Morgan fingerprint density at radius 1 is 1.50 bits per heavy atom. The van der Waals surface area contributed by atoms with Crippen LogP contribution in [0.2, 0.25) is 0 Å². The molecular formula is C10H14O2. The fourth-order valence-corrected chi connectivity index (χ4v) is 2.51. The molecule has 3 atom stereocenters. The number of carbonyl (C=O) groups excluding carboxylic acids is 1. The molecule has 0 N–H and O–H groups in total. The summed E-state index contributed by atoms with van der Waals surface area (Å²) in [6.45, 7) is 0. The van der Waals surface area contributed by atoms with Crippen LogP contribution in [0, 0.1) is 17.8 Å². The quantitative estimate of drug-likeness (QED) is 0.438. The molecule has 0 aromatic heterocycles. The number of rotatable bonds is 1. The van der Waals surface area contributed by atoms with Gasteiger partial charge in [0, 0.05) is 0 Å². The maximum atomic E-state index is 11.3. The van der Waals surface area contributed by atoms with Crippen molar-refractivity contribution in [3.8, 4) is 0 Å². The summed E-state index contributed by atoms with van der Waals surface area (Å²) in [4.78, 5) is 11.3. The molecule has 1 fully saturated rings. The minimum atomic E-state index is -0.0194. The van der Waals surface area contributed by atoms with E-state index in [-0.39, 0.29) is 11.9 Å². The Bertz CT molecular complexity index is 220. The molecule has 0 aromatic rings. The first kappa shape index (κ1) is 7.84. The standard InChI is InChI=1S/C10H14O2/c1-12-10(11)9-6-5-7-3-2-4-8(7)9/h2,4,7-9H,3,5-6H2,1H3/t7-,8-,9+/m1/s1. The second-order valence-corrected chi connectivity index (χ2v) is 3.71. The van der Waals surface area contributed by atoms with Gasteiger partial charge in [0.25, 0.3) is 0 Å². The van der Waals surface area contributed by atoms with Crippen LogP contribution in [0.1, 0.15) is 19.3 Å². The first-order valence-corrected chi connectivity index (χ1v) is 4.57. The van der Waals surface area contributed by atoms with Gasteiger partial charge in [0.1, 0.15) is 0 Å². The lowest BCUT2D eigenvalue weighted by atomic mass is 9.93. The van der Waals surface area contributed by atoms with E-state index in [9.17, 15) is 4.79 Å². The molecule has 0 unspecified atom stereocenters. The van der Waals surface area contributed by atoms with E-state index in [1.54, 1.807) is 0 Å². The van der Waals surface area contributed by atoms with E-state index in [4.69, 9.17) is 4.74 Å². The van der Waals surface area contributed by atoms with Gasteiger partial charge in [0.2, 0.25) is 0 Å². The first-order valence-electron chi connectivity index (χ1n) is 4.57. The topological polar surface area (TPSA) is 26.3 Å². The van der Waals surface area contributed by atoms with E-state index in [1.807, 2.05) is 0 Å². The Labute approximate surface area is 72.6 Å². The van der Waals surface area contributed by atoms with Gasteiger partial charge in [-0.2, -0.15) is 0 Å². The highest BCUT2D eigenvalue weighted by atomic mass is 16.5. The smallest absolute Gasteiger partial charge is 0.309 e. The molecule has 1 saturated carbocycles. The van der Waals surface area contributed by atoms with Crippen molar-refractivity contribution in [2.75, 3.05) is 7.11 Å². The van der Waals surface area contributed by atoms with Crippen molar-refractivity contribution in [1.82, 2.24) is 0 Å². The lowest BCUT2D eigenvalue weighted by Gasteiger charge is -2.14. The lowest BCUT2D eigenvalue weighted by Crippen LogP contribution is -2.20. The van der Waals surface area contributed by atoms with Gasteiger partial charge in [-0.1, -0.05) is 12.2 Å². The summed E-state index contributed by atoms with van der Waals surface area (Å²) in [5, 5.41) is 0. The number of hydrogen-bond acceptors (Lipinski definition) is 2. The molecule has 0 radical (unpaired) electrons. The van der Waals surface area contributed by atoms with Crippen molar-refractivity contribution in [3.63, 3.8) is 0 Å². The Morgan fingerprint density at radius 2 is 2.33 bits per heavy atom. The third-order valence-corrected chi connectivity index (χ3v) is 3.16. The fourth-order valence-electron chi connectivity index (χ4n) is 2.51. The number of esters is 1.